The van der Waals surface area contributed by atoms with Crippen LogP contribution in [0.25, 0.3) is 10.2 Å². The fraction of sp³-hybridized carbons (Fsp3) is 0.611. The maximum Gasteiger partial charge on any atom is 0.313 e. The molecule has 3 rings (SSSR count). The van der Waals surface area contributed by atoms with Gasteiger partial charge in [-0.2, -0.15) is 5.10 Å². The number of carboxylic acids is 1. The van der Waals surface area contributed by atoms with Gasteiger partial charge in [-0.05, 0) is 24.8 Å². The molecule has 1 fully saturated rings. The van der Waals surface area contributed by atoms with E-state index >= 15 is 0 Å². The highest BCUT2D eigenvalue weighted by molar-refractivity contribution is 7.20. The molecule has 1 unspecified atom stereocenters. The van der Waals surface area contributed by atoms with Crippen LogP contribution in [0.4, 0.5) is 0 Å². The monoisotopic (exact) mass is 379 g/mol. The summed E-state index contributed by atoms with van der Waals surface area (Å²) in [5, 5.41) is 15.2. The number of rotatable bonds is 5. The smallest absolute Gasteiger partial charge is 0.313 e. The van der Waals surface area contributed by atoms with Crippen molar-refractivity contribution in [3.8, 4) is 0 Å². The van der Waals surface area contributed by atoms with E-state index in [2.05, 4.69) is 18.9 Å². The molecule has 26 heavy (non-hydrogen) atoms. The Bertz CT molecular complexity index is 837. The first-order valence-corrected chi connectivity index (χ1v) is 9.59. The molecule has 1 N–H and O–H groups in total. The molecule has 2 aromatic rings. The van der Waals surface area contributed by atoms with Gasteiger partial charge in [0.25, 0.3) is 5.91 Å². The lowest BCUT2D eigenvalue weighted by Crippen LogP contribution is -2.52. The fourth-order valence-corrected chi connectivity index (χ4v) is 4.74. The van der Waals surface area contributed by atoms with Crippen LogP contribution in [0.15, 0.2) is 6.07 Å². The zero-order chi connectivity index (χ0) is 19.1. The Labute approximate surface area is 156 Å². The third-order valence-electron chi connectivity index (χ3n) is 5.04. The first-order chi connectivity index (χ1) is 12.3. The van der Waals surface area contributed by atoms with Gasteiger partial charge in [0.15, 0.2) is 0 Å². The van der Waals surface area contributed by atoms with E-state index in [4.69, 9.17) is 4.74 Å². The van der Waals surface area contributed by atoms with E-state index in [0.29, 0.717) is 24.3 Å². The predicted octanol–water partition coefficient (Wildman–Crippen LogP) is 2.71. The zero-order valence-corrected chi connectivity index (χ0v) is 16.4. The first kappa shape index (κ1) is 18.8. The number of likely N-dealkylation sites (tertiary alicyclic amines) is 1. The summed E-state index contributed by atoms with van der Waals surface area (Å²) in [6.45, 7) is 5.02. The van der Waals surface area contributed by atoms with Gasteiger partial charge in [-0.3, -0.25) is 14.3 Å². The molecule has 7 nitrogen and oxygen atoms in total. The molecule has 1 atom stereocenters. The van der Waals surface area contributed by atoms with Gasteiger partial charge in [-0.25, -0.2) is 0 Å². The van der Waals surface area contributed by atoms with Gasteiger partial charge in [0, 0.05) is 32.6 Å². The van der Waals surface area contributed by atoms with E-state index < -0.39 is 11.4 Å². The Morgan fingerprint density at radius 2 is 2.19 bits per heavy atom. The Morgan fingerprint density at radius 1 is 1.46 bits per heavy atom. The van der Waals surface area contributed by atoms with Crippen molar-refractivity contribution in [1.29, 1.82) is 0 Å². The van der Waals surface area contributed by atoms with Crippen molar-refractivity contribution in [2.24, 2.45) is 12.5 Å². The number of methoxy groups -OCH3 is 1. The maximum absolute atomic E-state index is 13.0. The molecule has 0 bridgehead atoms. The number of piperidine rings is 1. The first-order valence-electron chi connectivity index (χ1n) is 8.77. The Balaban J connectivity index is 1.90. The molecule has 8 heteroatoms. The highest BCUT2D eigenvalue weighted by Gasteiger charge is 2.44. The van der Waals surface area contributed by atoms with E-state index in [-0.39, 0.29) is 25.0 Å². The van der Waals surface area contributed by atoms with Crippen LogP contribution in [0, 0.1) is 5.41 Å². The number of carbonyl (C=O) groups excluding carboxylic acids is 1. The van der Waals surface area contributed by atoms with E-state index in [1.165, 1.54) is 18.4 Å². The number of fused-ring (bicyclic) bond motifs is 1. The van der Waals surface area contributed by atoms with Crippen molar-refractivity contribution in [1.82, 2.24) is 14.7 Å². The Morgan fingerprint density at radius 3 is 2.81 bits per heavy atom. The van der Waals surface area contributed by atoms with Crippen LogP contribution in [0.3, 0.4) is 0 Å². The molecule has 0 saturated carbocycles. The quantitative estimate of drug-likeness (QED) is 0.863. The van der Waals surface area contributed by atoms with Gasteiger partial charge in [-0.1, -0.05) is 13.8 Å². The molecule has 1 aliphatic heterocycles. The molecule has 3 heterocycles. The second kappa shape index (κ2) is 7.00. The summed E-state index contributed by atoms with van der Waals surface area (Å²) in [6.07, 6.45) is 1.18. The van der Waals surface area contributed by atoms with Crippen molar-refractivity contribution in [2.75, 3.05) is 26.8 Å². The summed E-state index contributed by atoms with van der Waals surface area (Å²) < 4.78 is 6.96. The lowest BCUT2D eigenvalue weighted by molar-refractivity contribution is -0.155. The molecule has 0 aromatic carbocycles. The summed E-state index contributed by atoms with van der Waals surface area (Å²) in [4.78, 5) is 28.1. The van der Waals surface area contributed by atoms with Crippen LogP contribution >= 0.6 is 11.3 Å². The topological polar surface area (TPSA) is 84.7 Å². The largest absolute Gasteiger partial charge is 0.481 e. The number of aromatic nitrogens is 2. The number of aryl methyl sites for hydroxylation is 1. The van der Waals surface area contributed by atoms with Gasteiger partial charge in [0.1, 0.15) is 10.2 Å². The summed E-state index contributed by atoms with van der Waals surface area (Å²) >= 11 is 1.42. The fourth-order valence-electron chi connectivity index (χ4n) is 3.69. The minimum Gasteiger partial charge on any atom is -0.481 e. The van der Waals surface area contributed by atoms with Crippen molar-refractivity contribution < 1.29 is 19.4 Å². The van der Waals surface area contributed by atoms with Gasteiger partial charge < -0.3 is 14.7 Å². The molecular formula is C18H25N3O4S. The molecule has 2 aromatic heterocycles. The van der Waals surface area contributed by atoms with Crippen molar-refractivity contribution in [3.63, 3.8) is 0 Å². The number of hydrogen-bond acceptors (Lipinski definition) is 5. The maximum atomic E-state index is 13.0. The lowest BCUT2D eigenvalue weighted by Gasteiger charge is -2.39. The lowest BCUT2D eigenvalue weighted by atomic mass is 9.80. The third-order valence-corrected chi connectivity index (χ3v) is 6.23. The highest BCUT2D eigenvalue weighted by atomic mass is 32.1. The van der Waals surface area contributed by atoms with Crippen LogP contribution in [0.1, 0.15) is 48.0 Å². The van der Waals surface area contributed by atoms with Crippen LogP contribution < -0.4 is 0 Å². The number of nitrogens with zero attached hydrogens (tertiary/aromatic N) is 3. The normalized spacial score (nSPS) is 20.9. The summed E-state index contributed by atoms with van der Waals surface area (Å²) in [6, 6.07) is 1.90. The summed E-state index contributed by atoms with van der Waals surface area (Å²) in [7, 11) is 3.38. The van der Waals surface area contributed by atoms with Gasteiger partial charge in [-0.15, -0.1) is 11.3 Å². The number of hydrogen-bond donors (Lipinski definition) is 1. The number of carbonyl (C=O) groups is 2. The van der Waals surface area contributed by atoms with Gasteiger partial charge in [0.05, 0.1) is 17.2 Å². The molecule has 0 aliphatic carbocycles. The van der Waals surface area contributed by atoms with Crippen LogP contribution in [0.2, 0.25) is 0 Å². The third kappa shape index (κ3) is 3.12. The molecule has 1 amide bonds. The van der Waals surface area contributed by atoms with Gasteiger partial charge >= 0.3 is 5.97 Å². The second-order valence-corrected chi connectivity index (χ2v) is 8.37. The van der Waals surface area contributed by atoms with E-state index in [0.717, 1.165) is 15.9 Å². The summed E-state index contributed by atoms with van der Waals surface area (Å²) in [5.74, 6) is -0.741. The van der Waals surface area contributed by atoms with Crippen molar-refractivity contribution in [3.05, 3.63) is 16.6 Å². The van der Waals surface area contributed by atoms with Crippen molar-refractivity contribution in [2.45, 2.75) is 32.6 Å². The molecule has 0 radical (unpaired) electrons. The highest BCUT2D eigenvalue weighted by Crippen LogP contribution is 2.35. The minimum absolute atomic E-state index is 0.109. The Hall–Kier alpha value is -1.93. The zero-order valence-electron chi connectivity index (χ0n) is 15.6. The van der Waals surface area contributed by atoms with Crippen LogP contribution in [-0.2, 0) is 16.6 Å². The number of amides is 1. The minimum atomic E-state index is -1.02. The summed E-state index contributed by atoms with van der Waals surface area (Å²) in [5.41, 5.74) is -0.0417. The van der Waals surface area contributed by atoms with E-state index in [9.17, 15) is 14.7 Å². The number of thiophene rings is 1. The van der Waals surface area contributed by atoms with Crippen LogP contribution in [-0.4, -0.2) is 58.5 Å². The van der Waals surface area contributed by atoms with E-state index in [1.54, 1.807) is 4.90 Å². The molecular weight excluding hydrogens is 354 g/mol. The van der Waals surface area contributed by atoms with Crippen LogP contribution in [0.5, 0.6) is 0 Å². The van der Waals surface area contributed by atoms with Crippen molar-refractivity contribution >= 4 is 33.4 Å². The number of ether oxygens (including phenoxy) is 1. The van der Waals surface area contributed by atoms with Gasteiger partial charge in [0.2, 0.25) is 0 Å². The second-order valence-electron chi connectivity index (χ2n) is 7.34. The Kier molecular flexibility index (Phi) is 5.07. The average molecular weight is 379 g/mol. The van der Waals surface area contributed by atoms with E-state index in [1.807, 2.05) is 17.8 Å². The number of aliphatic carboxylic acids is 1. The molecule has 1 saturated heterocycles. The standard InChI is InChI=1S/C18H25N3O4S/c1-11(2)14-12-8-13(26-16(12)20(3)19-14)15(22)21-7-5-6-18(9-21,10-25-4)17(23)24/h8,11H,5-7,9-10H2,1-4H3,(H,23,24). The SMILES string of the molecule is COCC1(C(=O)O)CCCN(C(=O)c2cc3c(C(C)C)nn(C)c3s2)C1. The average Bonchev–Trinajstić information content (AvgIpc) is 3.15. The number of carboxylic acid groups (broad SMARTS) is 1. The molecule has 0 spiro atoms. The molecule has 1 aliphatic rings. The predicted molar refractivity (Wildman–Crippen MR) is 99.8 cm³/mol. The molecule has 142 valence electrons.